The summed E-state index contributed by atoms with van der Waals surface area (Å²) in [5, 5.41) is 14.3. The zero-order chi connectivity index (χ0) is 15.5. The zero-order valence-electron chi connectivity index (χ0n) is 12.8. The number of fused-ring (bicyclic) bond motifs is 1. The molecule has 0 saturated heterocycles. The summed E-state index contributed by atoms with van der Waals surface area (Å²) in [7, 11) is 2.00. The first-order valence-electron chi connectivity index (χ1n) is 7.81. The minimum atomic E-state index is -0.673. The van der Waals surface area contributed by atoms with E-state index in [9.17, 15) is 9.90 Å². The zero-order valence-corrected chi connectivity index (χ0v) is 12.8. The highest BCUT2D eigenvalue weighted by molar-refractivity contribution is 5.81. The minimum Gasteiger partial charge on any atom is -0.387 e. The number of carbonyl (C=O) groups excluding carboxylic acids is 1. The normalized spacial score (nSPS) is 19.3. The first kappa shape index (κ1) is 14.9. The van der Waals surface area contributed by atoms with Gasteiger partial charge < -0.3 is 15.0 Å². The van der Waals surface area contributed by atoms with Gasteiger partial charge in [-0.2, -0.15) is 0 Å². The number of nitrogens with one attached hydrogen (secondary N) is 1. The van der Waals surface area contributed by atoms with E-state index in [1.807, 2.05) is 42.1 Å². The van der Waals surface area contributed by atoms with Gasteiger partial charge >= 0.3 is 0 Å². The molecule has 1 aromatic heterocycles. The van der Waals surface area contributed by atoms with Crippen molar-refractivity contribution in [2.75, 3.05) is 6.54 Å². The Hall–Kier alpha value is -2.07. The Morgan fingerprint density at radius 3 is 3.05 bits per heavy atom. The first-order chi connectivity index (χ1) is 10.6. The average Bonchev–Trinajstić information content (AvgIpc) is 2.93. The lowest BCUT2D eigenvalue weighted by Gasteiger charge is -2.19. The summed E-state index contributed by atoms with van der Waals surface area (Å²) in [6, 6.07) is 7.93. The van der Waals surface area contributed by atoms with Gasteiger partial charge in [0.05, 0.1) is 6.10 Å². The van der Waals surface area contributed by atoms with E-state index in [1.165, 1.54) is 0 Å². The van der Waals surface area contributed by atoms with Crippen LogP contribution in [0.25, 0.3) is 10.9 Å². The summed E-state index contributed by atoms with van der Waals surface area (Å²) < 4.78 is 2.05. The van der Waals surface area contributed by atoms with Crippen LogP contribution in [0.5, 0.6) is 0 Å². The summed E-state index contributed by atoms with van der Waals surface area (Å²) in [6.07, 6.45) is 8.17. The number of hydrogen-bond acceptors (Lipinski definition) is 2. The van der Waals surface area contributed by atoms with Gasteiger partial charge in [0.1, 0.15) is 0 Å². The average molecular weight is 298 g/mol. The third-order valence-corrected chi connectivity index (χ3v) is 4.40. The smallest absolute Gasteiger partial charge is 0.223 e. The topological polar surface area (TPSA) is 54.3 Å². The second kappa shape index (κ2) is 6.36. The van der Waals surface area contributed by atoms with Crippen LogP contribution in [0.3, 0.4) is 0 Å². The van der Waals surface area contributed by atoms with E-state index in [-0.39, 0.29) is 18.4 Å². The molecule has 2 N–H and O–H groups in total. The molecule has 3 rings (SSSR count). The van der Waals surface area contributed by atoms with Crippen LogP contribution in [0, 0.1) is 5.92 Å². The fourth-order valence-electron chi connectivity index (χ4n) is 3.00. The van der Waals surface area contributed by atoms with Gasteiger partial charge in [-0.15, -0.1) is 0 Å². The van der Waals surface area contributed by atoms with Crippen LogP contribution >= 0.6 is 0 Å². The van der Waals surface area contributed by atoms with E-state index in [4.69, 9.17) is 0 Å². The first-order valence-corrected chi connectivity index (χ1v) is 7.81. The molecule has 0 fully saturated rings. The fraction of sp³-hybridized carbons (Fsp3) is 0.389. The van der Waals surface area contributed by atoms with Gasteiger partial charge in [0.15, 0.2) is 0 Å². The van der Waals surface area contributed by atoms with E-state index in [2.05, 4.69) is 17.5 Å². The number of nitrogens with zero attached hydrogens (tertiary/aromatic N) is 1. The van der Waals surface area contributed by atoms with Crippen LogP contribution < -0.4 is 5.32 Å². The number of aromatic nitrogens is 1. The maximum absolute atomic E-state index is 12.1. The standard InChI is InChI=1S/C18H22N2O2/c1-20-10-9-14-11-15(7-8-16(14)20)17(21)12-19-18(22)13-5-3-2-4-6-13/h2-3,7-11,13,17,21H,4-6,12H2,1H3,(H,19,22)/t13-,17+/m0/s1. The van der Waals surface area contributed by atoms with E-state index < -0.39 is 6.10 Å². The highest BCUT2D eigenvalue weighted by Crippen LogP contribution is 2.22. The Balaban J connectivity index is 1.61. The number of amides is 1. The van der Waals surface area contributed by atoms with Gasteiger partial charge in [0.2, 0.25) is 5.91 Å². The van der Waals surface area contributed by atoms with Crippen LogP contribution in [0.15, 0.2) is 42.6 Å². The molecule has 1 heterocycles. The third-order valence-electron chi connectivity index (χ3n) is 4.40. The van der Waals surface area contributed by atoms with Gasteiger partial charge in [-0.1, -0.05) is 18.2 Å². The molecule has 1 amide bonds. The van der Waals surface area contributed by atoms with Gasteiger partial charge in [0.25, 0.3) is 0 Å². The van der Waals surface area contributed by atoms with E-state index >= 15 is 0 Å². The molecular weight excluding hydrogens is 276 g/mol. The molecule has 116 valence electrons. The Labute approximate surface area is 130 Å². The van der Waals surface area contributed by atoms with Gasteiger partial charge in [-0.25, -0.2) is 0 Å². The molecule has 0 unspecified atom stereocenters. The van der Waals surface area contributed by atoms with Crippen molar-refractivity contribution in [1.82, 2.24) is 9.88 Å². The Kier molecular flexibility index (Phi) is 4.29. The molecule has 1 aliphatic carbocycles. The molecule has 0 spiro atoms. The summed E-state index contributed by atoms with van der Waals surface area (Å²) in [5.74, 6) is 0.0954. The second-order valence-corrected chi connectivity index (χ2v) is 5.99. The third kappa shape index (κ3) is 3.07. The number of aliphatic hydroxyl groups excluding tert-OH is 1. The van der Waals surface area contributed by atoms with Crippen LogP contribution in [0.2, 0.25) is 0 Å². The summed E-state index contributed by atoms with van der Waals surface area (Å²) in [4.78, 5) is 12.1. The Bertz CT molecular complexity index is 702. The summed E-state index contributed by atoms with van der Waals surface area (Å²) in [6.45, 7) is 0.261. The number of carbonyl (C=O) groups is 1. The lowest BCUT2D eigenvalue weighted by Crippen LogP contribution is -2.34. The molecule has 1 aromatic carbocycles. The van der Waals surface area contributed by atoms with Crippen molar-refractivity contribution in [3.05, 3.63) is 48.2 Å². The van der Waals surface area contributed by atoms with Gasteiger partial charge in [-0.3, -0.25) is 4.79 Å². The van der Waals surface area contributed by atoms with Crippen molar-refractivity contribution in [3.8, 4) is 0 Å². The molecule has 2 aromatic rings. The molecule has 4 nitrogen and oxygen atoms in total. The summed E-state index contributed by atoms with van der Waals surface area (Å²) in [5.41, 5.74) is 1.97. The maximum Gasteiger partial charge on any atom is 0.223 e. The Morgan fingerprint density at radius 1 is 1.41 bits per heavy atom. The molecule has 22 heavy (non-hydrogen) atoms. The predicted octanol–water partition coefficient (Wildman–Crippen LogP) is 2.68. The number of rotatable bonds is 4. The lowest BCUT2D eigenvalue weighted by atomic mass is 9.93. The Morgan fingerprint density at radius 2 is 2.27 bits per heavy atom. The lowest BCUT2D eigenvalue weighted by molar-refractivity contribution is -0.125. The number of benzene rings is 1. The molecule has 1 aliphatic rings. The highest BCUT2D eigenvalue weighted by atomic mass is 16.3. The molecule has 0 radical (unpaired) electrons. The van der Waals surface area contributed by atoms with Crippen molar-refractivity contribution in [2.45, 2.75) is 25.4 Å². The van der Waals surface area contributed by atoms with Gasteiger partial charge in [-0.05, 0) is 48.4 Å². The monoisotopic (exact) mass is 298 g/mol. The number of aryl methyl sites for hydroxylation is 1. The molecule has 0 saturated carbocycles. The molecular formula is C18H22N2O2. The van der Waals surface area contributed by atoms with Crippen molar-refractivity contribution < 1.29 is 9.90 Å². The SMILES string of the molecule is Cn1ccc2cc([C@H](O)CNC(=O)[C@H]3CC=CCC3)ccc21. The molecule has 0 bridgehead atoms. The highest BCUT2D eigenvalue weighted by Gasteiger charge is 2.19. The number of allylic oxidation sites excluding steroid dienone is 2. The van der Waals surface area contributed by atoms with Crippen molar-refractivity contribution >= 4 is 16.8 Å². The largest absolute Gasteiger partial charge is 0.387 e. The molecule has 0 aliphatic heterocycles. The van der Waals surface area contributed by atoms with Crippen LogP contribution in [0.4, 0.5) is 0 Å². The van der Waals surface area contributed by atoms with E-state index in [1.54, 1.807) is 0 Å². The van der Waals surface area contributed by atoms with Crippen molar-refractivity contribution in [2.24, 2.45) is 13.0 Å². The predicted molar refractivity (Wildman–Crippen MR) is 87.4 cm³/mol. The summed E-state index contributed by atoms with van der Waals surface area (Å²) >= 11 is 0. The quantitative estimate of drug-likeness (QED) is 0.853. The molecule has 2 atom stereocenters. The van der Waals surface area contributed by atoms with E-state index in [0.717, 1.165) is 35.7 Å². The second-order valence-electron chi connectivity index (χ2n) is 5.99. The van der Waals surface area contributed by atoms with Crippen LogP contribution in [-0.2, 0) is 11.8 Å². The molecule has 4 heteroatoms. The fourth-order valence-corrected chi connectivity index (χ4v) is 3.00. The van der Waals surface area contributed by atoms with Crippen molar-refractivity contribution in [1.29, 1.82) is 0 Å². The maximum atomic E-state index is 12.1. The van der Waals surface area contributed by atoms with Crippen molar-refractivity contribution in [3.63, 3.8) is 0 Å². The van der Waals surface area contributed by atoms with E-state index in [0.29, 0.717) is 0 Å². The van der Waals surface area contributed by atoms with Crippen LogP contribution in [0.1, 0.15) is 30.9 Å². The van der Waals surface area contributed by atoms with Gasteiger partial charge in [0, 0.05) is 31.2 Å². The number of hydrogen-bond donors (Lipinski definition) is 2. The van der Waals surface area contributed by atoms with Crippen LogP contribution in [-0.4, -0.2) is 22.1 Å². The number of aliphatic hydroxyl groups is 1. The minimum absolute atomic E-state index is 0.0455.